The van der Waals surface area contributed by atoms with E-state index >= 15 is 0 Å². The molecule has 20 heavy (non-hydrogen) atoms. The molecule has 1 aromatic heterocycles. The van der Waals surface area contributed by atoms with Gasteiger partial charge >= 0.3 is 5.97 Å². The van der Waals surface area contributed by atoms with Gasteiger partial charge in [0.05, 0.1) is 5.92 Å². The normalized spacial score (nSPS) is 27.2. The first-order chi connectivity index (χ1) is 9.69. The predicted octanol–water partition coefficient (Wildman–Crippen LogP) is 1.12. The standard InChI is InChI=1S/C14H22N4O2/c1-2-17-7-3-4-10(8-17)13-16-15-12-6-5-11(14(19)20)9-18(12)13/h10-11H,2-9H2,1H3,(H,19,20). The molecule has 0 aromatic carbocycles. The lowest BCUT2D eigenvalue weighted by Gasteiger charge is -2.32. The van der Waals surface area contributed by atoms with E-state index in [1.807, 2.05) is 0 Å². The molecule has 3 heterocycles. The summed E-state index contributed by atoms with van der Waals surface area (Å²) in [6.07, 6.45) is 3.73. The maximum atomic E-state index is 11.2. The minimum absolute atomic E-state index is 0.289. The number of rotatable bonds is 3. The average molecular weight is 278 g/mol. The van der Waals surface area contributed by atoms with Crippen LogP contribution in [0.3, 0.4) is 0 Å². The molecule has 6 nitrogen and oxygen atoms in total. The van der Waals surface area contributed by atoms with Crippen LogP contribution in [-0.4, -0.2) is 50.4 Å². The smallest absolute Gasteiger partial charge is 0.308 e. The quantitative estimate of drug-likeness (QED) is 0.897. The Bertz CT molecular complexity index is 499. The predicted molar refractivity (Wildman–Crippen MR) is 73.6 cm³/mol. The fraction of sp³-hybridized carbons (Fsp3) is 0.786. The van der Waals surface area contributed by atoms with E-state index in [-0.39, 0.29) is 5.92 Å². The third-order valence-electron chi connectivity index (χ3n) is 4.64. The van der Waals surface area contributed by atoms with Crippen molar-refractivity contribution < 1.29 is 9.90 Å². The summed E-state index contributed by atoms with van der Waals surface area (Å²) in [4.78, 5) is 13.6. The van der Waals surface area contributed by atoms with Gasteiger partial charge in [-0.1, -0.05) is 6.92 Å². The zero-order valence-electron chi connectivity index (χ0n) is 12.0. The fourth-order valence-corrected chi connectivity index (χ4v) is 3.41. The van der Waals surface area contributed by atoms with Gasteiger partial charge in [-0.3, -0.25) is 4.79 Å². The second kappa shape index (κ2) is 5.52. The highest BCUT2D eigenvalue weighted by atomic mass is 16.4. The number of aryl methyl sites for hydroxylation is 1. The van der Waals surface area contributed by atoms with Crippen LogP contribution in [0.2, 0.25) is 0 Å². The summed E-state index contributed by atoms with van der Waals surface area (Å²) in [7, 11) is 0. The number of carbonyl (C=O) groups is 1. The van der Waals surface area contributed by atoms with Crippen LogP contribution in [0.4, 0.5) is 0 Å². The van der Waals surface area contributed by atoms with Crippen molar-refractivity contribution in [3.8, 4) is 0 Å². The van der Waals surface area contributed by atoms with E-state index in [1.54, 1.807) is 0 Å². The van der Waals surface area contributed by atoms with Crippen LogP contribution in [0, 0.1) is 5.92 Å². The lowest BCUT2D eigenvalue weighted by molar-refractivity contribution is -0.142. The molecule has 0 bridgehead atoms. The summed E-state index contributed by atoms with van der Waals surface area (Å²) in [6, 6.07) is 0. The molecule has 0 amide bonds. The maximum Gasteiger partial charge on any atom is 0.308 e. The van der Waals surface area contributed by atoms with Crippen molar-refractivity contribution in [3.05, 3.63) is 11.6 Å². The molecule has 110 valence electrons. The summed E-state index contributed by atoms with van der Waals surface area (Å²) in [5.41, 5.74) is 0. The van der Waals surface area contributed by atoms with Crippen molar-refractivity contribution in [2.45, 2.75) is 45.1 Å². The molecule has 0 saturated carbocycles. The van der Waals surface area contributed by atoms with E-state index in [2.05, 4.69) is 26.6 Å². The van der Waals surface area contributed by atoms with Crippen LogP contribution in [-0.2, 0) is 17.8 Å². The molecule has 6 heteroatoms. The first kappa shape index (κ1) is 13.5. The second-order valence-electron chi connectivity index (χ2n) is 5.89. The van der Waals surface area contributed by atoms with Crippen molar-refractivity contribution in [1.29, 1.82) is 0 Å². The Kier molecular flexibility index (Phi) is 3.74. The number of carboxylic acids is 1. The lowest BCUT2D eigenvalue weighted by Crippen LogP contribution is -2.36. The number of nitrogens with zero attached hydrogens (tertiary/aromatic N) is 4. The summed E-state index contributed by atoms with van der Waals surface area (Å²) in [5.74, 6) is 1.38. The molecule has 2 unspecified atom stereocenters. The first-order valence-electron chi connectivity index (χ1n) is 7.56. The van der Waals surface area contributed by atoms with E-state index in [9.17, 15) is 9.90 Å². The highest BCUT2D eigenvalue weighted by Crippen LogP contribution is 2.29. The van der Waals surface area contributed by atoms with E-state index in [0.717, 1.165) is 44.1 Å². The van der Waals surface area contributed by atoms with E-state index < -0.39 is 5.97 Å². The molecule has 2 atom stereocenters. The van der Waals surface area contributed by atoms with Gasteiger partial charge in [-0.15, -0.1) is 10.2 Å². The van der Waals surface area contributed by atoms with Crippen LogP contribution in [0.15, 0.2) is 0 Å². The summed E-state index contributed by atoms with van der Waals surface area (Å²) >= 11 is 0. The second-order valence-corrected chi connectivity index (χ2v) is 5.89. The van der Waals surface area contributed by atoms with Gasteiger partial charge in [0.15, 0.2) is 0 Å². The molecular weight excluding hydrogens is 256 g/mol. The number of aliphatic carboxylic acids is 1. The van der Waals surface area contributed by atoms with Crippen LogP contribution in [0.1, 0.15) is 43.8 Å². The molecule has 2 aliphatic heterocycles. The van der Waals surface area contributed by atoms with Gasteiger partial charge < -0.3 is 14.6 Å². The summed E-state index contributed by atoms with van der Waals surface area (Å²) in [6.45, 7) is 5.96. The Hall–Kier alpha value is -1.43. The lowest BCUT2D eigenvalue weighted by atomic mass is 9.95. The number of fused-ring (bicyclic) bond motifs is 1. The van der Waals surface area contributed by atoms with Gasteiger partial charge in [0.2, 0.25) is 0 Å². The minimum atomic E-state index is -0.700. The highest BCUT2D eigenvalue weighted by molar-refractivity contribution is 5.70. The summed E-state index contributed by atoms with van der Waals surface area (Å²) in [5, 5.41) is 17.9. The SMILES string of the molecule is CCN1CCCC(c2nnc3n2CC(C(=O)O)CC3)C1. The molecule has 0 spiro atoms. The topological polar surface area (TPSA) is 71.2 Å². The Morgan fingerprint density at radius 1 is 1.35 bits per heavy atom. The molecule has 0 radical (unpaired) electrons. The van der Waals surface area contributed by atoms with Crippen LogP contribution in [0.5, 0.6) is 0 Å². The van der Waals surface area contributed by atoms with Gasteiger partial charge in [0, 0.05) is 25.4 Å². The number of hydrogen-bond donors (Lipinski definition) is 1. The third kappa shape index (κ3) is 2.44. The Labute approximate surface area is 118 Å². The minimum Gasteiger partial charge on any atom is -0.481 e. The van der Waals surface area contributed by atoms with Gasteiger partial charge in [-0.25, -0.2) is 0 Å². The Morgan fingerprint density at radius 3 is 2.95 bits per heavy atom. The van der Waals surface area contributed by atoms with Crippen molar-refractivity contribution in [2.24, 2.45) is 5.92 Å². The molecule has 1 N–H and O–H groups in total. The van der Waals surface area contributed by atoms with Crippen molar-refractivity contribution in [1.82, 2.24) is 19.7 Å². The fourth-order valence-electron chi connectivity index (χ4n) is 3.41. The van der Waals surface area contributed by atoms with E-state index in [1.165, 1.54) is 6.42 Å². The van der Waals surface area contributed by atoms with Gasteiger partial charge in [-0.2, -0.15) is 0 Å². The number of aromatic nitrogens is 3. The van der Waals surface area contributed by atoms with E-state index in [0.29, 0.717) is 18.9 Å². The maximum absolute atomic E-state index is 11.2. The molecule has 1 fully saturated rings. The average Bonchev–Trinajstić information content (AvgIpc) is 2.90. The van der Waals surface area contributed by atoms with Crippen LogP contribution >= 0.6 is 0 Å². The monoisotopic (exact) mass is 278 g/mol. The molecule has 0 aliphatic carbocycles. The number of hydrogen-bond acceptors (Lipinski definition) is 4. The molecule has 1 saturated heterocycles. The van der Waals surface area contributed by atoms with Crippen molar-refractivity contribution in [3.63, 3.8) is 0 Å². The largest absolute Gasteiger partial charge is 0.481 e. The number of likely N-dealkylation sites (N-methyl/N-ethyl adjacent to an activating group) is 1. The van der Waals surface area contributed by atoms with Crippen LogP contribution in [0.25, 0.3) is 0 Å². The van der Waals surface area contributed by atoms with Crippen molar-refractivity contribution in [2.75, 3.05) is 19.6 Å². The molecule has 1 aromatic rings. The Morgan fingerprint density at radius 2 is 2.20 bits per heavy atom. The van der Waals surface area contributed by atoms with Crippen molar-refractivity contribution >= 4 is 5.97 Å². The number of likely N-dealkylation sites (tertiary alicyclic amines) is 1. The first-order valence-corrected chi connectivity index (χ1v) is 7.56. The zero-order chi connectivity index (χ0) is 14.1. The van der Waals surface area contributed by atoms with E-state index in [4.69, 9.17) is 0 Å². The zero-order valence-corrected chi connectivity index (χ0v) is 12.0. The van der Waals surface area contributed by atoms with Gasteiger partial charge in [-0.05, 0) is 32.4 Å². The molecule has 3 rings (SSSR count). The third-order valence-corrected chi connectivity index (χ3v) is 4.64. The van der Waals surface area contributed by atoms with Gasteiger partial charge in [0.25, 0.3) is 0 Å². The number of piperidine rings is 1. The Balaban J connectivity index is 1.81. The highest BCUT2D eigenvalue weighted by Gasteiger charge is 2.31. The van der Waals surface area contributed by atoms with Crippen LogP contribution < -0.4 is 0 Å². The molecular formula is C14H22N4O2. The molecule has 2 aliphatic rings. The van der Waals surface area contributed by atoms with Gasteiger partial charge in [0.1, 0.15) is 11.6 Å². The summed E-state index contributed by atoms with van der Waals surface area (Å²) < 4.78 is 2.08. The number of carboxylic acid groups (broad SMARTS) is 1.